The number of pyridine rings is 2. The molecule has 0 saturated carbocycles. The zero-order chi connectivity index (χ0) is 16.9. The van der Waals surface area contributed by atoms with Crippen LogP contribution in [0.5, 0.6) is 0 Å². The standard InChI is InChI=1S/C18H19N3O2S/c1-12-7-9-19-18(11-12)21-17-4-2-3-13(20-17)15-5-6-16(24-15)14(23)8-10-22/h2-7,9,11,14,22-23H,8,10H2,1H3,(H,19,20,21). The van der Waals surface area contributed by atoms with Crippen LogP contribution < -0.4 is 5.32 Å². The molecule has 6 heteroatoms. The van der Waals surface area contributed by atoms with Crippen molar-refractivity contribution in [2.45, 2.75) is 19.4 Å². The summed E-state index contributed by atoms with van der Waals surface area (Å²) < 4.78 is 0. The Labute approximate surface area is 144 Å². The van der Waals surface area contributed by atoms with Crippen molar-refractivity contribution >= 4 is 23.0 Å². The average molecular weight is 341 g/mol. The van der Waals surface area contributed by atoms with Gasteiger partial charge >= 0.3 is 0 Å². The molecule has 5 nitrogen and oxygen atoms in total. The SMILES string of the molecule is Cc1ccnc(Nc2cccc(-c3ccc(C(O)CCO)s3)n2)c1. The summed E-state index contributed by atoms with van der Waals surface area (Å²) in [5.41, 5.74) is 1.96. The monoisotopic (exact) mass is 341 g/mol. The van der Waals surface area contributed by atoms with Crippen LogP contribution in [0.15, 0.2) is 48.7 Å². The van der Waals surface area contributed by atoms with Crippen LogP contribution in [0.1, 0.15) is 23.0 Å². The molecule has 3 heterocycles. The number of hydrogen-bond donors (Lipinski definition) is 3. The molecule has 24 heavy (non-hydrogen) atoms. The molecular weight excluding hydrogens is 322 g/mol. The van der Waals surface area contributed by atoms with Gasteiger partial charge in [-0.1, -0.05) is 6.07 Å². The van der Waals surface area contributed by atoms with Gasteiger partial charge in [-0.15, -0.1) is 11.3 Å². The van der Waals surface area contributed by atoms with E-state index in [-0.39, 0.29) is 6.61 Å². The first kappa shape index (κ1) is 16.6. The Kier molecular flexibility index (Phi) is 5.20. The summed E-state index contributed by atoms with van der Waals surface area (Å²) in [5.74, 6) is 1.47. The summed E-state index contributed by atoms with van der Waals surface area (Å²) in [6.45, 7) is 1.98. The summed E-state index contributed by atoms with van der Waals surface area (Å²) in [6.07, 6.45) is 1.47. The first-order chi connectivity index (χ1) is 11.7. The van der Waals surface area contributed by atoms with Crippen LogP contribution in [0, 0.1) is 6.92 Å². The van der Waals surface area contributed by atoms with Crippen LogP contribution in [0.3, 0.4) is 0 Å². The number of aromatic nitrogens is 2. The topological polar surface area (TPSA) is 78.3 Å². The molecule has 3 aromatic rings. The fourth-order valence-corrected chi connectivity index (χ4v) is 3.31. The number of thiophene rings is 1. The van der Waals surface area contributed by atoms with Gasteiger partial charge < -0.3 is 15.5 Å². The molecule has 0 aromatic carbocycles. The van der Waals surface area contributed by atoms with Crippen LogP contribution in [-0.4, -0.2) is 26.8 Å². The Morgan fingerprint density at radius 2 is 2.04 bits per heavy atom. The van der Waals surface area contributed by atoms with Crippen LogP contribution in [0.2, 0.25) is 0 Å². The molecule has 3 rings (SSSR count). The highest BCUT2D eigenvalue weighted by Gasteiger charge is 2.12. The van der Waals surface area contributed by atoms with Crippen molar-refractivity contribution in [3.63, 3.8) is 0 Å². The van der Waals surface area contributed by atoms with E-state index in [0.29, 0.717) is 6.42 Å². The largest absolute Gasteiger partial charge is 0.396 e. The van der Waals surface area contributed by atoms with Gasteiger partial charge in [0.15, 0.2) is 0 Å². The van der Waals surface area contributed by atoms with E-state index in [1.54, 1.807) is 6.20 Å². The number of rotatable bonds is 6. The van der Waals surface area contributed by atoms with E-state index in [0.717, 1.165) is 32.6 Å². The lowest BCUT2D eigenvalue weighted by Crippen LogP contribution is -1.97. The Morgan fingerprint density at radius 1 is 1.17 bits per heavy atom. The van der Waals surface area contributed by atoms with E-state index in [1.807, 2.05) is 49.4 Å². The summed E-state index contributed by atoms with van der Waals surface area (Å²) >= 11 is 1.48. The maximum Gasteiger partial charge on any atom is 0.132 e. The van der Waals surface area contributed by atoms with Gasteiger partial charge in [-0.05, 0) is 48.9 Å². The molecule has 0 aliphatic heterocycles. The highest BCUT2D eigenvalue weighted by Crippen LogP contribution is 2.32. The minimum atomic E-state index is -0.633. The summed E-state index contributed by atoms with van der Waals surface area (Å²) in [6, 6.07) is 13.5. The second-order valence-electron chi connectivity index (χ2n) is 5.48. The quantitative estimate of drug-likeness (QED) is 0.637. The molecule has 124 valence electrons. The maximum absolute atomic E-state index is 9.97. The van der Waals surface area contributed by atoms with Crippen molar-refractivity contribution in [2.75, 3.05) is 11.9 Å². The average Bonchev–Trinajstić information content (AvgIpc) is 3.05. The van der Waals surface area contributed by atoms with Gasteiger partial charge in [-0.3, -0.25) is 0 Å². The highest BCUT2D eigenvalue weighted by atomic mass is 32.1. The summed E-state index contributed by atoms with van der Waals surface area (Å²) in [7, 11) is 0. The Balaban J connectivity index is 1.80. The lowest BCUT2D eigenvalue weighted by Gasteiger charge is -2.07. The molecule has 0 bridgehead atoms. The number of aryl methyl sites for hydroxylation is 1. The van der Waals surface area contributed by atoms with Crippen LogP contribution >= 0.6 is 11.3 Å². The van der Waals surface area contributed by atoms with Gasteiger partial charge in [0.1, 0.15) is 11.6 Å². The zero-order valence-corrected chi connectivity index (χ0v) is 14.1. The van der Waals surface area contributed by atoms with E-state index in [1.165, 1.54) is 11.3 Å². The Morgan fingerprint density at radius 3 is 2.83 bits per heavy atom. The Bertz CT molecular complexity index is 819. The fraction of sp³-hybridized carbons (Fsp3) is 0.222. The molecule has 3 aromatic heterocycles. The molecule has 0 aliphatic carbocycles. The van der Waals surface area contributed by atoms with E-state index in [9.17, 15) is 5.11 Å². The second-order valence-corrected chi connectivity index (χ2v) is 6.60. The first-order valence-corrected chi connectivity index (χ1v) is 8.53. The number of hydrogen-bond acceptors (Lipinski definition) is 6. The molecule has 3 N–H and O–H groups in total. The van der Waals surface area contributed by atoms with Crippen molar-refractivity contribution < 1.29 is 10.2 Å². The number of nitrogens with zero attached hydrogens (tertiary/aromatic N) is 2. The predicted octanol–water partition coefficient (Wildman–Crippen LogP) is 3.67. The highest BCUT2D eigenvalue weighted by molar-refractivity contribution is 7.15. The minimum Gasteiger partial charge on any atom is -0.396 e. The third-order valence-electron chi connectivity index (χ3n) is 3.53. The molecule has 0 spiro atoms. The molecule has 0 aliphatic rings. The summed E-state index contributed by atoms with van der Waals surface area (Å²) in [5, 5.41) is 22.1. The van der Waals surface area contributed by atoms with Gasteiger partial charge in [0.25, 0.3) is 0 Å². The van der Waals surface area contributed by atoms with Crippen molar-refractivity contribution in [2.24, 2.45) is 0 Å². The van der Waals surface area contributed by atoms with Crippen LogP contribution in [0.25, 0.3) is 10.6 Å². The third-order valence-corrected chi connectivity index (χ3v) is 4.74. The van der Waals surface area contributed by atoms with Crippen molar-refractivity contribution in [1.82, 2.24) is 9.97 Å². The Hall–Kier alpha value is -2.28. The van der Waals surface area contributed by atoms with E-state index in [4.69, 9.17) is 5.11 Å². The number of anilines is 2. The van der Waals surface area contributed by atoms with Crippen molar-refractivity contribution in [3.05, 3.63) is 59.1 Å². The van der Waals surface area contributed by atoms with Gasteiger partial charge in [-0.2, -0.15) is 0 Å². The zero-order valence-electron chi connectivity index (χ0n) is 13.3. The predicted molar refractivity (Wildman–Crippen MR) is 96.5 cm³/mol. The minimum absolute atomic E-state index is 0.0322. The molecule has 0 radical (unpaired) electrons. The van der Waals surface area contributed by atoms with E-state index < -0.39 is 6.10 Å². The smallest absolute Gasteiger partial charge is 0.132 e. The molecular formula is C18H19N3O2S. The molecule has 0 saturated heterocycles. The molecule has 1 unspecified atom stereocenters. The number of aliphatic hydroxyl groups is 2. The number of nitrogens with one attached hydrogen (secondary N) is 1. The van der Waals surface area contributed by atoms with Crippen LogP contribution in [-0.2, 0) is 0 Å². The van der Waals surface area contributed by atoms with Gasteiger partial charge in [-0.25, -0.2) is 9.97 Å². The molecule has 0 fully saturated rings. The van der Waals surface area contributed by atoms with Crippen molar-refractivity contribution in [3.8, 4) is 10.6 Å². The fourth-order valence-electron chi connectivity index (χ4n) is 2.31. The van der Waals surface area contributed by atoms with Crippen molar-refractivity contribution in [1.29, 1.82) is 0 Å². The first-order valence-electron chi connectivity index (χ1n) is 7.71. The van der Waals surface area contributed by atoms with Crippen LogP contribution in [0.4, 0.5) is 11.6 Å². The second kappa shape index (κ2) is 7.53. The van der Waals surface area contributed by atoms with Gasteiger partial charge in [0.05, 0.1) is 16.7 Å². The number of aliphatic hydroxyl groups excluding tert-OH is 2. The van der Waals surface area contributed by atoms with Gasteiger partial charge in [0.2, 0.25) is 0 Å². The lowest BCUT2D eigenvalue weighted by molar-refractivity contribution is 0.137. The molecule has 0 amide bonds. The normalized spacial score (nSPS) is 12.1. The van der Waals surface area contributed by atoms with E-state index in [2.05, 4.69) is 15.3 Å². The third kappa shape index (κ3) is 3.97. The van der Waals surface area contributed by atoms with Gasteiger partial charge in [0, 0.05) is 24.1 Å². The summed E-state index contributed by atoms with van der Waals surface area (Å²) in [4.78, 5) is 10.7. The van der Waals surface area contributed by atoms with E-state index >= 15 is 0 Å². The lowest BCUT2D eigenvalue weighted by atomic mass is 10.2. The molecule has 1 atom stereocenters. The maximum atomic E-state index is 9.97.